The van der Waals surface area contributed by atoms with Gasteiger partial charge in [-0.15, -0.1) is 0 Å². The van der Waals surface area contributed by atoms with Gasteiger partial charge in [0.1, 0.15) is 0 Å². The summed E-state index contributed by atoms with van der Waals surface area (Å²) in [7, 11) is 9.91. The highest BCUT2D eigenvalue weighted by Crippen LogP contribution is 1.89. The van der Waals surface area contributed by atoms with E-state index in [0.29, 0.717) is 0 Å². The summed E-state index contributed by atoms with van der Waals surface area (Å²) in [6, 6.07) is 0. The SMILES string of the molecule is CCCCN(C)CC.CCN(C)CCN(C)C.CCN(C)CCS(C)=O. The minimum Gasteiger partial charge on any atom is -0.308 e. The molecule has 5 nitrogen and oxygen atoms in total. The van der Waals surface area contributed by atoms with E-state index in [1.807, 2.05) is 7.05 Å². The number of hydrogen-bond donors (Lipinski definition) is 0. The molecule has 0 bridgehead atoms. The first kappa shape index (κ1) is 30.7. The Morgan fingerprint density at radius 2 is 1.08 bits per heavy atom. The lowest BCUT2D eigenvalue weighted by molar-refractivity contribution is 0.292. The van der Waals surface area contributed by atoms with E-state index >= 15 is 0 Å². The quantitative estimate of drug-likeness (QED) is 0.508. The number of rotatable bonds is 12. The topological polar surface area (TPSA) is 30.0 Å². The summed E-state index contributed by atoms with van der Waals surface area (Å²) >= 11 is 0. The van der Waals surface area contributed by atoms with Crippen LogP contribution in [-0.2, 0) is 10.8 Å². The van der Waals surface area contributed by atoms with Crippen LogP contribution >= 0.6 is 0 Å². The second kappa shape index (κ2) is 23.0. The van der Waals surface area contributed by atoms with E-state index in [0.717, 1.165) is 31.9 Å². The monoisotopic (exact) mass is 394 g/mol. The molecule has 0 aromatic carbocycles. The molecule has 0 rings (SSSR count). The average molecular weight is 395 g/mol. The zero-order chi connectivity index (χ0) is 21.0. The van der Waals surface area contributed by atoms with Crippen molar-refractivity contribution in [2.45, 2.75) is 40.5 Å². The lowest BCUT2D eigenvalue weighted by Gasteiger charge is -2.16. The van der Waals surface area contributed by atoms with E-state index in [4.69, 9.17) is 0 Å². The van der Waals surface area contributed by atoms with Crippen molar-refractivity contribution in [2.75, 3.05) is 93.1 Å². The number of likely N-dealkylation sites (N-methyl/N-ethyl adjacent to an activating group) is 2. The molecule has 0 N–H and O–H groups in total. The minimum absolute atomic E-state index is 0.629. The second-order valence-corrected chi connectivity index (χ2v) is 8.68. The zero-order valence-electron chi connectivity index (χ0n) is 19.7. The highest BCUT2D eigenvalue weighted by molar-refractivity contribution is 7.84. The summed E-state index contributed by atoms with van der Waals surface area (Å²) in [5, 5.41) is 0. The van der Waals surface area contributed by atoms with Crippen molar-refractivity contribution in [3.05, 3.63) is 0 Å². The van der Waals surface area contributed by atoms with Gasteiger partial charge in [0.25, 0.3) is 0 Å². The second-order valence-electron chi connectivity index (χ2n) is 7.12. The van der Waals surface area contributed by atoms with Gasteiger partial charge in [0, 0.05) is 42.4 Å². The van der Waals surface area contributed by atoms with Gasteiger partial charge in [-0.2, -0.15) is 0 Å². The van der Waals surface area contributed by atoms with Crippen LogP contribution in [-0.4, -0.2) is 117 Å². The van der Waals surface area contributed by atoms with Crippen molar-refractivity contribution in [2.24, 2.45) is 0 Å². The van der Waals surface area contributed by atoms with Crippen LogP contribution in [0.25, 0.3) is 0 Å². The maximum atomic E-state index is 10.5. The molecule has 0 aliphatic carbocycles. The van der Waals surface area contributed by atoms with Crippen LogP contribution in [0.15, 0.2) is 0 Å². The summed E-state index contributed by atoms with van der Waals surface area (Å²) in [4.78, 5) is 9.00. The molecule has 26 heavy (non-hydrogen) atoms. The van der Waals surface area contributed by atoms with E-state index in [2.05, 4.69) is 75.5 Å². The van der Waals surface area contributed by atoms with E-state index in [9.17, 15) is 4.21 Å². The highest BCUT2D eigenvalue weighted by Gasteiger charge is 1.95. The maximum Gasteiger partial charge on any atom is 0.0359 e. The van der Waals surface area contributed by atoms with Gasteiger partial charge in [-0.25, -0.2) is 0 Å². The van der Waals surface area contributed by atoms with Gasteiger partial charge in [-0.05, 0) is 67.8 Å². The van der Waals surface area contributed by atoms with Crippen molar-refractivity contribution in [3.63, 3.8) is 0 Å². The van der Waals surface area contributed by atoms with E-state index in [1.165, 1.54) is 32.5 Å². The van der Waals surface area contributed by atoms with E-state index in [1.54, 1.807) is 6.26 Å². The van der Waals surface area contributed by atoms with Gasteiger partial charge in [0.15, 0.2) is 0 Å². The Balaban J connectivity index is -0.000000306. The normalized spacial score (nSPS) is 12.1. The number of hydrogen-bond acceptors (Lipinski definition) is 5. The van der Waals surface area contributed by atoms with Gasteiger partial charge in [-0.1, -0.05) is 34.1 Å². The first-order chi connectivity index (χ1) is 12.1. The van der Waals surface area contributed by atoms with Crippen molar-refractivity contribution < 1.29 is 4.21 Å². The smallest absolute Gasteiger partial charge is 0.0359 e. The third-order valence-corrected chi connectivity index (χ3v) is 4.96. The molecule has 0 radical (unpaired) electrons. The molecule has 0 saturated carbocycles. The number of unbranched alkanes of at least 4 members (excludes halogenated alkanes) is 1. The molecule has 0 aromatic heterocycles. The van der Waals surface area contributed by atoms with E-state index < -0.39 is 10.8 Å². The first-order valence-electron chi connectivity index (χ1n) is 10.1. The summed E-state index contributed by atoms with van der Waals surface area (Å²) in [6.45, 7) is 16.6. The molecular weight excluding hydrogens is 344 g/mol. The molecule has 6 heteroatoms. The Bertz CT molecular complexity index is 291. The van der Waals surface area contributed by atoms with Crippen LogP contribution in [0, 0.1) is 0 Å². The third-order valence-electron chi connectivity index (χ3n) is 4.20. The molecule has 162 valence electrons. The molecule has 0 saturated heterocycles. The summed E-state index contributed by atoms with van der Waals surface area (Å²) in [5.41, 5.74) is 0. The Morgan fingerprint density at radius 3 is 1.42 bits per heavy atom. The molecule has 0 aliphatic rings. The highest BCUT2D eigenvalue weighted by atomic mass is 32.2. The van der Waals surface area contributed by atoms with Gasteiger partial charge in [0.05, 0.1) is 0 Å². The molecule has 0 heterocycles. The first-order valence-corrected chi connectivity index (χ1v) is 11.9. The van der Waals surface area contributed by atoms with Crippen LogP contribution in [0.5, 0.6) is 0 Å². The van der Waals surface area contributed by atoms with Crippen molar-refractivity contribution in [3.8, 4) is 0 Å². The van der Waals surface area contributed by atoms with Gasteiger partial charge in [-0.3, -0.25) is 4.21 Å². The standard InChI is InChI=1S/C7H18N2.C7H17N.C6H15NOS/c1-5-9(4)7-6-8(2)3;1-4-6-7-8(3)5-2;1-4-7(2)5-6-9(3)8/h5-7H2,1-4H3;4-7H2,1-3H3;4-6H2,1-3H3. The fourth-order valence-electron chi connectivity index (χ4n) is 1.56. The van der Waals surface area contributed by atoms with E-state index in [-0.39, 0.29) is 0 Å². The minimum atomic E-state index is -0.629. The van der Waals surface area contributed by atoms with Crippen molar-refractivity contribution in [1.29, 1.82) is 0 Å². The predicted octanol–water partition coefficient (Wildman–Crippen LogP) is 2.55. The van der Waals surface area contributed by atoms with Crippen molar-refractivity contribution in [1.82, 2.24) is 19.6 Å². The molecule has 0 spiro atoms. The average Bonchev–Trinajstić information content (AvgIpc) is 2.62. The Kier molecular flexibility index (Phi) is 27.2. The zero-order valence-corrected chi connectivity index (χ0v) is 20.5. The maximum absolute atomic E-state index is 10.5. The summed E-state index contributed by atoms with van der Waals surface area (Å²) in [6.07, 6.45) is 4.39. The van der Waals surface area contributed by atoms with Crippen LogP contribution in [0.4, 0.5) is 0 Å². The molecule has 0 fully saturated rings. The number of nitrogens with zero attached hydrogens (tertiary/aromatic N) is 4. The molecule has 0 aliphatic heterocycles. The third kappa shape index (κ3) is 31.7. The van der Waals surface area contributed by atoms with Crippen molar-refractivity contribution >= 4 is 10.8 Å². The van der Waals surface area contributed by atoms with Gasteiger partial charge in [0.2, 0.25) is 0 Å². The molecule has 0 aromatic rings. The predicted molar refractivity (Wildman–Crippen MR) is 122 cm³/mol. The Morgan fingerprint density at radius 1 is 0.654 bits per heavy atom. The molecule has 1 atom stereocenters. The van der Waals surface area contributed by atoms with Crippen LogP contribution in [0.2, 0.25) is 0 Å². The molecule has 1 unspecified atom stereocenters. The largest absolute Gasteiger partial charge is 0.308 e. The molecular formula is C20H50N4OS. The summed E-state index contributed by atoms with van der Waals surface area (Å²) < 4.78 is 10.5. The Labute approximate surface area is 168 Å². The van der Waals surface area contributed by atoms with Crippen LogP contribution < -0.4 is 0 Å². The van der Waals surface area contributed by atoms with Crippen LogP contribution in [0.1, 0.15) is 40.5 Å². The van der Waals surface area contributed by atoms with Crippen LogP contribution in [0.3, 0.4) is 0 Å². The van der Waals surface area contributed by atoms with Gasteiger partial charge >= 0.3 is 0 Å². The fourth-order valence-corrected chi connectivity index (χ4v) is 2.13. The lowest BCUT2D eigenvalue weighted by Crippen LogP contribution is -2.28. The lowest BCUT2D eigenvalue weighted by atomic mass is 10.3. The fraction of sp³-hybridized carbons (Fsp3) is 1.00. The summed E-state index contributed by atoms with van der Waals surface area (Å²) in [5.74, 6) is 0.796. The van der Waals surface area contributed by atoms with Gasteiger partial charge < -0.3 is 19.6 Å². The molecule has 0 amide bonds. The Hall–Kier alpha value is -0.0100.